The summed E-state index contributed by atoms with van der Waals surface area (Å²) in [4.78, 5) is 25.6. The number of hydrogen-bond acceptors (Lipinski definition) is 5. The molecule has 0 unspecified atom stereocenters. The smallest absolute Gasteiger partial charge is 0.335 e. The average molecular weight is 358 g/mol. The van der Waals surface area contributed by atoms with Crippen LogP contribution in [0.1, 0.15) is 45.0 Å². The fraction of sp³-hybridized carbons (Fsp3) is 0.421. The molecule has 1 fully saturated rings. The maximum absolute atomic E-state index is 12.5. The summed E-state index contributed by atoms with van der Waals surface area (Å²) in [6, 6.07) is 8.72. The van der Waals surface area contributed by atoms with Crippen LogP contribution in [0.3, 0.4) is 0 Å². The van der Waals surface area contributed by atoms with E-state index >= 15 is 0 Å². The standard InChI is InChI=1S/C19H22N2O5/c1-25-12-15-11-17(20-26-15)18(22)21-8-6-13(7-9-21)10-14-4-2-3-5-16(14)19(23)24/h2-5,11,13H,6-10,12H2,1H3,(H,23,24). The van der Waals surface area contributed by atoms with Gasteiger partial charge in [-0.3, -0.25) is 4.79 Å². The number of rotatable bonds is 6. The van der Waals surface area contributed by atoms with Crippen molar-refractivity contribution in [2.45, 2.75) is 25.9 Å². The van der Waals surface area contributed by atoms with Crippen LogP contribution in [-0.4, -0.2) is 47.2 Å². The molecule has 1 amide bonds. The fourth-order valence-corrected chi connectivity index (χ4v) is 3.34. The monoisotopic (exact) mass is 358 g/mol. The lowest BCUT2D eigenvalue weighted by Gasteiger charge is -2.31. The Morgan fingerprint density at radius 2 is 2.04 bits per heavy atom. The molecule has 0 bridgehead atoms. The molecule has 7 nitrogen and oxygen atoms in total. The number of methoxy groups -OCH3 is 1. The van der Waals surface area contributed by atoms with Crippen LogP contribution >= 0.6 is 0 Å². The number of piperidine rings is 1. The highest BCUT2D eigenvalue weighted by molar-refractivity contribution is 5.92. The molecule has 3 rings (SSSR count). The number of aromatic carboxylic acids is 1. The number of likely N-dealkylation sites (tertiary alicyclic amines) is 1. The molecule has 1 N–H and O–H groups in total. The fourth-order valence-electron chi connectivity index (χ4n) is 3.34. The molecule has 138 valence electrons. The molecule has 26 heavy (non-hydrogen) atoms. The first kappa shape index (κ1) is 18.1. The minimum absolute atomic E-state index is 0.138. The number of nitrogens with zero attached hydrogens (tertiary/aromatic N) is 2. The van der Waals surface area contributed by atoms with Crippen LogP contribution in [0.15, 0.2) is 34.9 Å². The van der Waals surface area contributed by atoms with Gasteiger partial charge in [-0.15, -0.1) is 0 Å². The number of benzene rings is 1. The Morgan fingerprint density at radius 1 is 1.31 bits per heavy atom. The van der Waals surface area contributed by atoms with Gasteiger partial charge in [0, 0.05) is 26.3 Å². The predicted molar refractivity (Wildman–Crippen MR) is 92.9 cm³/mol. The van der Waals surface area contributed by atoms with E-state index in [4.69, 9.17) is 9.26 Å². The molecular formula is C19H22N2O5. The lowest BCUT2D eigenvalue weighted by molar-refractivity contribution is 0.0679. The molecule has 0 atom stereocenters. The van der Waals surface area contributed by atoms with E-state index in [1.165, 1.54) is 0 Å². The van der Waals surface area contributed by atoms with E-state index in [-0.39, 0.29) is 12.5 Å². The number of carboxylic acids is 1. The van der Waals surface area contributed by atoms with E-state index in [0.717, 1.165) is 18.4 Å². The second kappa shape index (κ2) is 8.14. The Bertz CT molecular complexity index is 778. The van der Waals surface area contributed by atoms with Gasteiger partial charge < -0.3 is 19.3 Å². The molecule has 1 saturated heterocycles. The van der Waals surface area contributed by atoms with Crippen molar-refractivity contribution in [3.63, 3.8) is 0 Å². The van der Waals surface area contributed by atoms with Gasteiger partial charge >= 0.3 is 5.97 Å². The van der Waals surface area contributed by atoms with E-state index in [1.807, 2.05) is 12.1 Å². The first-order chi connectivity index (χ1) is 12.6. The first-order valence-corrected chi connectivity index (χ1v) is 8.63. The van der Waals surface area contributed by atoms with Crippen molar-refractivity contribution in [2.24, 2.45) is 5.92 Å². The maximum atomic E-state index is 12.5. The number of carbonyl (C=O) groups excluding carboxylic acids is 1. The van der Waals surface area contributed by atoms with Gasteiger partial charge in [-0.2, -0.15) is 0 Å². The number of ether oxygens (including phenoxy) is 1. The molecule has 0 spiro atoms. The first-order valence-electron chi connectivity index (χ1n) is 8.63. The lowest BCUT2D eigenvalue weighted by Crippen LogP contribution is -2.39. The zero-order valence-corrected chi connectivity index (χ0v) is 14.7. The van der Waals surface area contributed by atoms with Crippen molar-refractivity contribution in [2.75, 3.05) is 20.2 Å². The Labute approximate surface area is 151 Å². The third-order valence-electron chi connectivity index (χ3n) is 4.72. The summed E-state index contributed by atoms with van der Waals surface area (Å²) in [6.07, 6.45) is 2.39. The van der Waals surface area contributed by atoms with Gasteiger partial charge in [0.15, 0.2) is 11.5 Å². The lowest BCUT2D eigenvalue weighted by atomic mass is 9.88. The third-order valence-corrected chi connectivity index (χ3v) is 4.72. The van der Waals surface area contributed by atoms with Crippen molar-refractivity contribution in [3.05, 3.63) is 52.9 Å². The predicted octanol–water partition coefficient (Wildman–Crippen LogP) is 2.61. The Balaban J connectivity index is 1.57. The molecule has 1 aliphatic rings. The molecule has 2 aromatic rings. The van der Waals surface area contributed by atoms with Crippen LogP contribution in [-0.2, 0) is 17.8 Å². The Kier molecular flexibility index (Phi) is 5.68. The second-order valence-corrected chi connectivity index (χ2v) is 6.51. The van der Waals surface area contributed by atoms with Crippen LogP contribution in [0.5, 0.6) is 0 Å². The zero-order valence-electron chi connectivity index (χ0n) is 14.7. The van der Waals surface area contributed by atoms with Gasteiger partial charge in [0.25, 0.3) is 5.91 Å². The quantitative estimate of drug-likeness (QED) is 0.853. The SMILES string of the molecule is COCc1cc(C(=O)N2CCC(Cc3ccccc3C(=O)O)CC2)no1. The summed E-state index contributed by atoms with van der Waals surface area (Å²) < 4.78 is 10.0. The Morgan fingerprint density at radius 3 is 2.73 bits per heavy atom. The van der Waals surface area contributed by atoms with E-state index in [2.05, 4.69) is 5.16 Å². The van der Waals surface area contributed by atoms with Crippen molar-refractivity contribution >= 4 is 11.9 Å². The van der Waals surface area contributed by atoms with Crippen LogP contribution in [0, 0.1) is 5.92 Å². The van der Waals surface area contributed by atoms with Crippen molar-refractivity contribution in [1.82, 2.24) is 10.1 Å². The molecule has 0 saturated carbocycles. The Hall–Kier alpha value is -2.67. The molecule has 0 aliphatic carbocycles. The zero-order chi connectivity index (χ0) is 18.5. The molecule has 1 aliphatic heterocycles. The highest BCUT2D eigenvalue weighted by Crippen LogP contribution is 2.24. The number of aromatic nitrogens is 1. The number of carboxylic acid groups (broad SMARTS) is 1. The molecule has 7 heteroatoms. The molecule has 1 aromatic carbocycles. The van der Waals surface area contributed by atoms with Crippen LogP contribution in [0.25, 0.3) is 0 Å². The third kappa shape index (κ3) is 4.11. The molecule has 2 heterocycles. The highest BCUT2D eigenvalue weighted by Gasteiger charge is 2.26. The topological polar surface area (TPSA) is 92.9 Å². The minimum Gasteiger partial charge on any atom is -0.478 e. The largest absolute Gasteiger partial charge is 0.478 e. The van der Waals surface area contributed by atoms with Crippen LogP contribution < -0.4 is 0 Å². The van der Waals surface area contributed by atoms with Crippen molar-refractivity contribution < 1.29 is 24.0 Å². The summed E-state index contributed by atoms with van der Waals surface area (Å²) in [5.74, 6) is -0.150. The van der Waals surface area contributed by atoms with E-state index in [9.17, 15) is 14.7 Å². The minimum atomic E-state index is -0.897. The second-order valence-electron chi connectivity index (χ2n) is 6.51. The van der Waals surface area contributed by atoms with Crippen LogP contribution in [0.2, 0.25) is 0 Å². The summed E-state index contributed by atoms with van der Waals surface area (Å²) in [5.41, 5.74) is 1.51. The maximum Gasteiger partial charge on any atom is 0.335 e. The van der Waals surface area contributed by atoms with E-state index in [1.54, 1.807) is 30.2 Å². The number of carbonyl (C=O) groups is 2. The molecule has 0 radical (unpaired) electrons. The van der Waals surface area contributed by atoms with Gasteiger partial charge in [-0.05, 0) is 36.8 Å². The van der Waals surface area contributed by atoms with E-state index in [0.29, 0.717) is 42.4 Å². The normalized spacial score (nSPS) is 15.2. The van der Waals surface area contributed by atoms with Gasteiger partial charge in [-0.1, -0.05) is 23.4 Å². The summed E-state index contributed by atoms with van der Waals surface area (Å²) in [6.45, 7) is 1.54. The highest BCUT2D eigenvalue weighted by atomic mass is 16.5. The van der Waals surface area contributed by atoms with Crippen molar-refractivity contribution in [3.8, 4) is 0 Å². The summed E-state index contributed by atoms with van der Waals surface area (Å²) >= 11 is 0. The summed E-state index contributed by atoms with van der Waals surface area (Å²) in [5, 5.41) is 13.1. The van der Waals surface area contributed by atoms with Gasteiger partial charge in [0.1, 0.15) is 6.61 Å². The number of amides is 1. The number of hydrogen-bond donors (Lipinski definition) is 1. The van der Waals surface area contributed by atoms with Crippen LogP contribution in [0.4, 0.5) is 0 Å². The van der Waals surface area contributed by atoms with Gasteiger partial charge in [-0.25, -0.2) is 4.79 Å². The molecular weight excluding hydrogens is 336 g/mol. The van der Waals surface area contributed by atoms with Crippen molar-refractivity contribution in [1.29, 1.82) is 0 Å². The van der Waals surface area contributed by atoms with E-state index < -0.39 is 5.97 Å². The van der Waals surface area contributed by atoms with Gasteiger partial charge in [0.2, 0.25) is 0 Å². The molecule has 1 aromatic heterocycles. The van der Waals surface area contributed by atoms with Gasteiger partial charge in [0.05, 0.1) is 5.56 Å². The average Bonchev–Trinajstić information content (AvgIpc) is 3.11. The summed E-state index contributed by atoms with van der Waals surface area (Å²) in [7, 11) is 1.55.